The van der Waals surface area contributed by atoms with Crippen LogP contribution in [-0.2, 0) is 10.0 Å². The third-order valence-corrected chi connectivity index (χ3v) is 6.00. The van der Waals surface area contributed by atoms with Crippen molar-refractivity contribution in [1.82, 2.24) is 9.66 Å². The molecule has 9 heteroatoms. The molecule has 0 atom stereocenters. The van der Waals surface area contributed by atoms with Crippen LogP contribution in [0.15, 0.2) is 51.7 Å². The van der Waals surface area contributed by atoms with Crippen LogP contribution in [0.4, 0.5) is 0 Å². The molecule has 2 aromatic heterocycles. The van der Waals surface area contributed by atoms with E-state index in [2.05, 4.69) is 4.98 Å². The van der Waals surface area contributed by atoms with Crippen LogP contribution in [0.3, 0.4) is 0 Å². The van der Waals surface area contributed by atoms with Gasteiger partial charge in [0.1, 0.15) is 11.0 Å². The van der Waals surface area contributed by atoms with Crippen molar-refractivity contribution in [3.63, 3.8) is 0 Å². The van der Waals surface area contributed by atoms with Crippen molar-refractivity contribution < 1.29 is 8.42 Å². The molecule has 3 aromatic rings. The number of thiophene rings is 1. The first kappa shape index (κ1) is 15.0. The van der Waals surface area contributed by atoms with E-state index in [9.17, 15) is 13.2 Å². The highest BCUT2D eigenvalue weighted by Gasteiger charge is 2.23. The van der Waals surface area contributed by atoms with Crippen molar-refractivity contribution in [2.75, 3.05) is 11.5 Å². The Morgan fingerprint density at radius 3 is 2.59 bits per heavy atom. The van der Waals surface area contributed by atoms with Crippen LogP contribution < -0.4 is 9.97 Å². The Bertz CT molecular complexity index is 993. The van der Waals surface area contributed by atoms with Crippen molar-refractivity contribution >= 4 is 43.2 Å². The maximum absolute atomic E-state index is 12.6. The molecule has 0 saturated carbocycles. The van der Waals surface area contributed by atoms with E-state index < -0.39 is 15.6 Å². The molecule has 0 N–H and O–H groups in total. The number of hydrogen-bond donors (Lipinski definition) is 0. The molecule has 0 unspecified atom stereocenters. The van der Waals surface area contributed by atoms with E-state index in [-0.39, 0.29) is 4.90 Å². The summed E-state index contributed by atoms with van der Waals surface area (Å²) in [6, 6.07) is 7.43. The van der Waals surface area contributed by atoms with Gasteiger partial charge in [0.2, 0.25) is 0 Å². The Morgan fingerprint density at radius 1 is 1.23 bits per heavy atom. The predicted octanol–water partition coefficient (Wildman–Crippen LogP) is 2.07. The lowest BCUT2D eigenvalue weighted by Crippen LogP contribution is -2.43. The number of fused-ring (bicyclic) bond motifs is 1. The van der Waals surface area contributed by atoms with Crippen LogP contribution >= 0.6 is 22.9 Å². The second kappa shape index (κ2) is 5.38. The summed E-state index contributed by atoms with van der Waals surface area (Å²) in [5, 5.41) is 2.16. The van der Waals surface area contributed by atoms with Crippen molar-refractivity contribution in [2.45, 2.75) is 4.90 Å². The molecular formula is C13H10ClN3O3S2. The van der Waals surface area contributed by atoms with Crippen molar-refractivity contribution in [2.24, 2.45) is 0 Å². The van der Waals surface area contributed by atoms with Gasteiger partial charge in [-0.05, 0) is 35.7 Å². The fraction of sp³-hybridized carbons (Fsp3) is 0.0769. The van der Waals surface area contributed by atoms with E-state index in [1.807, 2.05) is 0 Å². The number of hydrogen-bond acceptors (Lipinski definition) is 5. The molecule has 3 rings (SSSR count). The van der Waals surface area contributed by atoms with E-state index in [1.54, 1.807) is 11.4 Å². The molecular weight excluding hydrogens is 346 g/mol. The summed E-state index contributed by atoms with van der Waals surface area (Å²) in [6.07, 6.45) is 1.20. The van der Waals surface area contributed by atoms with Crippen molar-refractivity contribution in [1.29, 1.82) is 0 Å². The molecule has 0 fully saturated rings. The van der Waals surface area contributed by atoms with Crippen LogP contribution in [-0.4, -0.2) is 25.1 Å². The molecule has 22 heavy (non-hydrogen) atoms. The second-order valence-electron chi connectivity index (χ2n) is 4.42. The Hall–Kier alpha value is -1.90. The van der Waals surface area contributed by atoms with E-state index in [0.29, 0.717) is 15.2 Å². The van der Waals surface area contributed by atoms with E-state index in [0.717, 1.165) is 9.09 Å². The molecule has 0 spiro atoms. The zero-order valence-electron chi connectivity index (χ0n) is 11.3. The molecule has 0 aliphatic carbocycles. The van der Waals surface area contributed by atoms with Gasteiger partial charge < -0.3 is 0 Å². The van der Waals surface area contributed by atoms with Gasteiger partial charge in [-0.2, -0.15) is 13.1 Å². The number of halogens is 1. The maximum atomic E-state index is 12.6. The first-order chi connectivity index (χ1) is 10.4. The van der Waals surface area contributed by atoms with Crippen LogP contribution in [0, 0.1) is 0 Å². The summed E-state index contributed by atoms with van der Waals surface area (Å²) < 4.78 is 27.4. The Morgan fingerprint density at radius 2 is 1.91 bits per heavy atom. The molecule has 6 nitrogen and oxygen atoms in total. The van der Waals surface area contributed by atoms with Crippen molar-refractivity contribution in [3.8, 4) is 0 Å². The average Bonchev–Trinajstić information content (AvgIpc) is 2.97. The van der Waals surface area contributed by atoms with Crippen LogP contribution in [0.2, 0.25) is 5.02 Å². The molecule has 114 valence electrons. The first-order valence-corrected chi connectivity index (χ1v) is 8.80. The van der Waals surface area contributed by atoms with E-state index in [1.165, 1.54) is 49.0 Å². The fourth-order valence-electron chi connectivity index (χ4n) is 1.91. The lowest BCUT2D eigenvalue weighted by molar-refractivity contribution is 0.575. The summed E-state index contributed by atoms with van der Waals surface area (Å²) in [5.74, 6) is 0. The highest BCUT2D eigenvalue weighted by atomic mass is 35.5. The topological polar surface area (TPSA) is 72.3 Å². The minimum absolute atomic E-state index is 0.0394. The normalized spacial score (nSPS) is 11.7. The zero-order valence-corrected chi connectivity index (χ0v) is 13.7. The molecule has 0 radical (unpaired) electrons. The summed E-state index contributed by atoms with van der Waals surface area (Å²) in [6.45, 7) is 0. The molecule has 0 aliphatic heterocycles. The lowest BCUT2D eigenvalue weighted by Gasteiger charge is -2.20. The fourth-order valence-corrected chi connectivity index (χ4v) is 3.94. The Kier molecular flexibility index (Phi) is 3.67. The van der Waals surface area contributed by atoms with Gasteiger partial charge >= 0.3 is 0 Å². The van der Waals surface area contributed by atoms with Gasteiger partial charge in [-0.3, -0.25) is 4.79 Å². The monoisotopic (exact) mass is 355 g/mol. The quantitative estimate of drug-likeness (QED) is 0.721. The van der Waals surface area contributed by atoms with Gasteiger partial charge in [-0.1, -0.05) is 11.6 Å². The SMILES string of the molecule is CN(n1cnc2ccsc2c1=O)S(=O)(=O)c1ccc(Cl)cc1. The van der Waals surface area contributed by atoms with Gasteiger partial charge in [-0.15, -0.1) is 11.3 Å². The second-order valence-corrected chi connectivity index (χ2v) is 7.73. The molecule has 0 saturated heterocycles. The van der Waals surface area contributed by atoms with Gasteiger partial charge in [-0.25, -0.2) is 9.40 Å². The number of sulfonamides is 1. The predicted molar refractivity (Wildman–Crippen MR) is 86.7 cm³/mol. The summed E-state index contributed by atoms with van der Waals surface area (Å²) >= 11 is 6.98. The van der Waals surface area contributed by atoms with Gasteiger partial charge in [0.05, 0.1) is 10.4 Å². The third kappa shape index (κ3) is 2.39. The number of rotatable bonds is 3. The number of aromatic nitrogens is 2. The highest BCUT2D eigenvalue weighted by Crippen LogP contribution is 2.18. The average molecular weight is 356 g/mol. The van der Waals surface area contributed by atoms with E-state index >= 15 is 0 Å². The Balaban J connectivity index is 2.12. The van der Waals surface area contributed by atoms with Crippen molar-refractivity contribution in [3.05, 3.63) is 57.4 Å². The van der Waals surface area contributed by atoms with Crippen LogP contribution in [0.5, 0.6) is 0 Å². The highest BCUT2D eigenvalue weighted by molar-refractivity contribution is 7.92. The molecule has 0 amide bonds. The van der Waals surface area contributed by atoms with Crippen LogP contribution in [0.25, 0.3) is 10.2 Å². The Labute approximate surface area is 135 Å². The largest absolute Gasteiger partial charge is 0.290 e. The molecule has 2 heterocycles. The number of nitrogens with zero attached hydrogens (tertiary/aromatic N) is 3. The summed E-state index contributed by atoms with van der Waals surface area (Å²) in [7, 11) is -2.58. The molecule has 0 aliphatic rings. The first-order valence-electron chi connectivity index (χ1n) is 6.11. The smallest absolute Gasteiger partial charge is 0.266 e. The van der Waals surface area contributed by atoms with Gasteiger partial charge in [0.15, 0.2) is 0 Å². The minimum Gasteiger partial charge on any atom is -0.266 e. The maximum Gasteiger partial charge on any atom is 0.290 e. The minimum atomic E-state index is -3.88. The van der Waals surface area contributed by atoms with Crippen LogP contribution in [0.1, 0.15) is 0 Å². The number of benzene rings is 1. The zero-order chi connectivity index (χ0) is 15.9. The third-order valence-electron chi connectivity index (χ3n) is 3.12. The lowest BCUT2D eigenvalue weighted by atomic mass is 10.4. The van der Waals surface area contributed by atoms with E-state index in [4.69, 9.17) is 11.6 Å². The molecule has 0 bridgehead atoms. The summed E-state index contributed by atoms with van der Waals surface area (Å²) in [5.41, 5.74) is 0.114. The van der Waals surface area contributed by atoms with Gasteiger partial charge in [0, 0.05) is 12.1 Å². The molecule has 1 aromatic carbocycles. The standard InChI is InChI=1S/C13H10ClN3O3S2/c1-16(22(19,20)10-4-2-9(14)3-5-10)17-8-15-11-6-7-21-12(11)13(17)18/h2-8H,1H3. The summed E-state index contributed by atoms with van der Waals surface area (Å²) in [4.78, 5) is 16.5. The van der Waals surface area contributed by atoms with Gasteiger partial charge in [0.25, 0.3) is 15.6 Å².